The molecule has 2 amide bonds. The largest absolute Gasteiger partial charge is 0.484 e. The topological polar surface area (TPSA) is 93.5 Å². The molecule has 1 aromatic carbocycles. The van der Waals surface area contributed by atoms with E-state index in [4.69, 9.17) is 10.5 Å². The molecule has 0 saturated carbocycles. The first-order valence-electron chi connectivity index (χ1n) is 6.92. The van der Waals surface area contributed by atoms with Crippen molar-refractivity contribution in [2.75, 3.05) is 25.5 Å². The number of hydrogen-bond donors (Lipinski definition) is 3. The molecule has 6 heteroatoms. The number of carbonyl (C=O) groups is 2. The second-order valence-electron chi connectivity index (χ2n) is 5.07. The number of ether oxygens (including phenoxy) is 1. The van der Waals surface area contributed by atoms with Crippen LogP contribution in [-0.4, -0.2) is 32.0 Å². The van der Waals surface area contributed by atoms with Crippen molar-refractivity contribution in [3.63, 3.8) is 0 Å². The molecule has 1 unspecified atom stereocenters. The summed E-state index contributed by atoms with van der Waals surface area (Å²) in [5, 5.41) is 5.29. The number of rotatable bonds is 7. The molecule has 0 aliphatic rings. The maximum atomic E-state index is 12.1. The molecule has 1 atom stereocenters. The number of nitrogens with two attached hydrogens (primary N) is 1. The highest BCUT2D eigenvalue weighted by Crippen LogP contribution is 2.19. The second-order valence-corrected chi connectivity index (χ2v) is 5.07. The first-order valence-corrected chi connectivity index (χ1v) is 6.92. The lowest BCUT2D eigenvalue weighted by molar-refractivity contribution is -0.122. The summed E-state index contributed by atoms with van der Waals surface area (Å²) < 4.78 is 5.33. The summed E-state index contributed by atoms with van der Waals surface area (Å²) in [6.07, 6.45) is 0. The van der Waals surface area contributed by atoms with Gasteiger partial charge in [-0.3, -0.25) is 9.59 Å². The Labute approximate surface area is 125 Å². The van der Waals surface area contributed by atoms with Crippen molar-refractivity contribution in [2.24, 2.45) is 17.6 Å². The molecule has 0 aliphatic carbocycles. The SMILES string of the molecule is CNC(=O)COc1cccc(NC(=O)C(CN)C(C)C)c1. The van der Waals surface area contributed by atoms with Crippen LogP contribution in [0.2, 0.25) is 0 Å². The fourth-order valence-electron chi connectivity index (χ4n) is 1.80. The number of likely N-dealkylation sites (N-methyl/N-ethyl adjacent to an activating group) is 1. The van der Waals surface area contributed by atoms with E-state index in [2.05, 4.69) is 10.6 Å². The minimum absolute atomic E-state index is 0.0642. The number of anilines is 1. The van der Waals surface area contributed by atoms with Crippen LogP contribution in [0.5, 0.6) is 5.75 Å². The Balaban J connectivity index is 2.67. The first-order chi connectivity index (χ1) is 9.97. The van der Waals surface area contributed by atoms with E-state index < -0.39 is 0 Å². The lowest BCUT2D eigenvalue weighted by Crippen LogP contribution is -2.33. The van der Waals surface area contributed by atoms with Gasteiger partial charge in [-0.1, -0.05) is 19.9 Å². The third kappa shape index (κ3) is 5.43. The maximum Gasteiger partial charge on any atom is 0.257 e. The molecule has 0 saturated heterocycles. The van der Waals surface area contributed by atoms with Gasteiger partial charge in [0.05, 0.1) is 5.92 Å². The lowest BCUT2D eigenvalue weighted by Gasteiger charge is -2.18. The Morgan fingerprint density at radius 1 is 1.33 bits per heavy atom. The summed E-state index contributed by atoms with van der Waals surface area (Å²) in [4.78, 5) is 23.2. The molecule has 0 aliphatic heterocycles. The van der Waals surface area contributed by atoms with Crippen LogP contribution < -0.4 is 21.1 Å². The van der Waals surface area contributed by atoms with Crippen molar-refractivity contribution < 1.29 is 14.3 Å². The minimum atomic E-state index is -0.236. The molecule has 0 bridgehead atoms. The van der Waals surface area contributed by atoms with Gasteiger partial charge in [0.2, 0.25) is 5.91 Å². The van der Waals surface area contributed by atoms with Crippen molar-refractivity contribution in [3.8, 4) is 5.75 Å². The highest BCUT2D eigenvalue weighted by atomic mass is 16.5. The van der Waals surface area contributed by atoms with Gasteiger partial charge in [0.15, 0.2) is 6.61 Å². The monoisotopic (exact) mass is 293 g/mol. The smallest absolute Gasteiger partial charge is 0.257 e. The van der Waals surface area contributed by atoms with E-state index in [0.717, 1.165) is 0 Å². The quantitative estimate of drug-likeness (QED) is 0.698. The average molecular weight is 293 g/mol. The minimum Gasteiger partial charge on any atom is -0.484 e. The van der Waals surface area contributed by atoms with Crippen molar-refractivity contribution >= 4 is 17.5 Å². The van der Waals surface area contributed by atoms with Gasteiger partial charge in [0.1, 0.15) is 5.75 Å². The summed E-state index contributed by atoms with van der Waals surface area (Å²) in [7, 11) is 1.54. The Kier molecular flexibility index (Phi) is 6.68. The van der Waals surface area contributed by atoms with Crippen LogP contribution in [0.25, 0.3) is 0 Å². The molecule has 0 fully saturated rings. The van der Waals surface area contributed by atoms with Crippen LogP contribution in [0, 0.1) is 11.8 Å². The Morgan fingerprint density at radius 2 is 2.05 bits per heavy atom. The fourth-order valence-corrected chi connectivity index (χ4v) is 1.80. The van der Waals surface area contributed by atoms with Gasteiger partial charge in [-0.2, -0.15) is 0 Å². The van der Waals surface area contributed by atoms with Crippen LogP contribution in [0.4, 0.5) is 5.69 Å². The number of benzene rings is 1. The van der Waals surface area contributed by atoms with Crippen LogP contribution in [0.15, 0.2) is 24.3 Å². The van der Waals surface area contributed by atoms with E-state index in [1.807, 2.05) is 13.8 Å². The summed E-state index contributed by atoms with van der Waals surface area (Å²) >= 11 is 0. The van der Waals surface area contributed by atoms with Crippen molar-refractivity contribution in [1.29, 1.82) is 0 Å². The highest BCUT2D eigenvalue weighted by Gasteiger charge is 2.20. The number of amides is 2. The zero-order valence-electron chi connectivity index (χ0n) is 12.7. The van der Waals surface area contributed by atoms with Crippen LogP contribution in [0.3, 0.4) is 0 Å². The first kappa shape index (κ1) is 17.0. The zero-order valence-corrected chi connectivity index (χ0v) is 12.7. The molecular weight excluding hydrogens is 270 g/mol. The van der Waals surface area contributed by atoms with E-state index in [0.29, 0.717) is 18.0 Å². The lowest BCUT2D eigenvalue weighted by atomic mass is 9.95. The highest BCUT2D eigenvalue weighted by molar-refractivity contribution is 5.93. The van der Waals surface area contributed by atoms with Gasteiger partial charge in [0.25, 0.3) is 5.91 Å². The van der Waals surface area contributed by atoms with Crippen molar-refractivity contribution in [2.45, 2.75) is 13.8 Å². The molecule has 0 aromatic heterocycles. The molecule has 0 spiro atoms. The van der Waals surface area contributed by atoms with Gasteiger partial charge >= 0.3 is 0 Å². The Bertz CT molecular complexity index is 489. The third-order valence-electron chi connectivity index (χ3n) is 3.15. The van der Waals surface area contributed by atoms with Crippen LogP contribution in [0.1, 0.15) is 13.8 Å². The molecule has 1 rings (SSSR count). The molecule has 0 heterocycles. The van der Waals surface area contributed by atoms with Crippen LogP contribution in [-0.2, 0) is 9.59 Å². The van der Waals surface area contributed by atoms with E-state index in [1.54, 1.807) is 31.3 Å². The maximum absolute atomic E-state index is 12.1. The van der Waals surface area contributed by atoms with Gasteiger partial charge in [0, 0.05) is 25.3 Å². The summed E-state index contributed by atoms with van der Waals surface area (Å²) in [5.41, 5.74) is 6.24. The van der Waals surface area contributed by atoms with E-state index in [9.17, 15) is 9.59 Å². The number of carbonyl (C=O) groups excluding carboxylic acids is 2. The average Bonchev–Trinajstić information content (AvgIpc) is 2.45. The van der Waals surface area contributed by atoms with E-state index >= 15 is 0 Å². The predicted octanol–water partition coefficient (Wildman–Crippen LogP) is 0.981. The fraction of sp³-hybridized carbons (Fsp3) is 0.467. The molecule has 4 N–H and O–H groups in total. The number of hydrogen-bond acceptors (Lipinski definition) is 4. The predicted molar refractivity (Wildman–Crippen MR) is 82.0 cm³/mol. The molecular formula is C15H23N3O3. The summed E-state index contributed by atoms with van der Waals surface area (Å²) in [5.74, 6) is 0.122. The second kappa shape index (κ2) is 8.26. The normalized spacial score (nSPS) is 11.9. The Hall–Kier alpha value is -2.08. The standard InChI is InChI=1S/C15H23N3O3/c1-10(2)13(8-16)15(20)18-11-5-4-6-12(7-11)21-9-14(19)17-3/h4-7,10,13H,8-9,16H2,1-3H3,(H,17,19)(H,18,20). The summed E-state index contributed by atoms with van der Waals surface area (Å²) in [6, 6.07) is 6.91. The van der Waals surface area contributed by atoms with Gasteiger partial charge < -0.3 is 21.1 Å². The van der Waals surface area contributed by atoms with E-state index in [-0.39, 0.29) is 30.3 Å². The Morgan fingerprint density at radius 3 is 2.62 bits per heavy atom. The van der Waals surface area contributed by atoms with Crippen LogP contribution >= 0.6 is 0 Å². The van der Waals surface area contributed by atoms with E-state index in [1.165, 1.54) is 0 Å². The number of nitrogens with one attached hydrogen (secondary N) is 2. The van der Waals surface area contributed by atoms with Gasteiger partial charge in [-0.05, 0) is 18.1 Å². The molecule has 0 radical (unpaired) electrons. The third-order valence-corrected chi connectivity index (χ3v) is 3.15. The van der Waals surface area contributed by atoms with Gasteiger partial charge in [-0.15, -0.1) is 0 Å². The summed E-state index contributed by atoms with van der Waals surface area (Å²) in [6.45, 7) is 4.15. The van der Waals surface area contributed by atoms with Crippen molar-refractivity contribution in [1.82, 2.24) is 5.32 Å². The molecule has 1 aromatic rings. The van der Waals surface area contributed by atoms with Gasteiger partial charge in [-0.25, -0.2) is 0 Å². The molecule has 116 valence electrons. The molecule has 6 nitrogen and oxygen atoms in total. The van der Waals surface area contributed by atoms with Crippen molar-refractivity contribution in [3.05, 3.63) is 24.3 Å². The zero-order chi connectivity index (χ0) is 15.8. The molecule has 21 heavy (non-hydrogen) atoms.